The standard InChI is InChI=1S/C20H22N2O/c1-14-18-13-15-7-3-4-8-16(15)20(14,2)10-12-22(18)19(23)17-9-5-6-11-21-17/h3-9,11,14,18H,10,12-13H2,1-2H3. The van der Waals surface area contributed by atoms with E-state index in [1.54, 1.807) is 6.20 Å². The molecular formula is C20H22N2O. The van der Waals surface area contributed by atoms with Crippen LogP contribution < -0.4 is 0 Å². The van der Waals surface area contributed by atoms with Crippen molar-refractivity contribution in [3.63, 3.8) is 0 Å². The number of nitrogens with zero attached hydrogens (tertiary/aromatic N) is 2. The van der Waals surface area contributed by atoms with E-state index in [-0.39, 0.29) is 17.4 Å². The Labute approximate surface area is 137 Å². The quantitative estimate of drug-likeness (QED) is 0.808. The van der Waals surface area contributed by atoms with Crippen LogP contribution >= 0.6 is 0 Å². The lowest BCUT2D eigenvalue weighted by Crippen LogP contribution is -2.59. The molecule has 1 aromatic heterocycles. The summed E-state index contributed by atoms with van der Waals surface area (Å²) in [5.41, 5.74) is 3.60. The highest BCUT2D eigenvalue weighted by atomic mass is 16.2. The van der Waals surface area contributed by atoms with Crippen molar-refractivity contribution in [1.29, 1.82) is 0 Å². The molecule has 0 radical (unpaired) electrons. The normalized spacial score (nSPS) is 29.0. The highest BCUT2D eigenvalue weighted by molar-refractivity contribution is 5.92. The summed E-state index contributed by atoms with van der Waals surface area (Å²) < 4.78 is 0. The maximum atomic E-state index is 12.9. The van der Waals surface area contributed by atoms with Crippen molar-refractivity contribution >= 4 is 5.91 Å². The summed E-state index contributed by atoms with van der Waals surface area (Å²) in [4.78, 5) is 19.2. The fraction of sp³-hybridized carbons (Fsp3) is 0.400. The van der Waals surface area contributed by atoms with E-state index in [0.29, 0.717) is 11.6 Å². The SMILES string of the molecule is CC1C2Cc3ccccc3C1(C)CCN2C(=O)c1ccccn1. The van der Waals surface area contributed by atoms with Crippen LogP contribution in [0.2, 0.25) is 0 Å². The molecule has 1 fully saturated rings. The lowest BCUT2D eigenvalue weighted by Gasteiger charge is -2.54. The van der Waals surface area contributed by atoms with Crippen molar-refractivity contribution in [3.05, 3.63) is 65.5 Å². The molecule has 23 heavy (non-hydrogen) atoms. The van der Waals surface area contributed by atoms with E-state index in [1.165, 1.54) is 11.1 Å². The number of hydrogen-bond acceptors (Lipinski definition) is 2. The smallest absolute Gasteiger partial charge is 0.272 e. The molecule has 2 aromatic rings. The molecule has 0 saturated carbocycles. The van der Waals surface area contributed by atoms with Crippen LogP contribution in [0.3, 0.4) is 0 Å². The van der Waals surface area contributed by atoms with Gasteiger partial charge >= 0.3 is 0 Å². The molecule has 1 amide bonds. The molecule has 3 atom stereocenters. The molecule has 118 valence electrons. The van der Waals surface area contributed by atoms with E-state index in [4.69, 9.17) is 0 Å². The van der Waals surface area contributed by atoms with Crippen LogP contribution in [0.25, 0.3) is 0 Å². The van der Waals surface area contributed by atoms with E-state index in [2.05, 4.69) is 48.0 Å². The van der Waals surface area contributed by atoms with E-state index in [9.17, 15) is 4.79 Å². The Kier molecular flexibility index (Phi) is 3.26. The van der Waals surface area contributed by atoms with Crippen molar-refractivity contribution in [2.45, 2.75) is 38.1 Å². The first-order valence-corrected chi connectivity index (χ1v) is 8.41. The number of aromatic nitrogens is 1. The van der Waals surface area contributed by atoms with E-state index in [0.717, 1.165) is 19.4 Å². The summed E-state index contributed by atoms with van der Waals surface area (Å²) in [6, 6.07) is 14.6. The van der Waals surface area contributed by atoms with Gasteiger partial charge in [0.15, 0.2) is 0 Å². The molecule has 3 heteroatoms. The summed E-state index contributed by atoms with van der Waals surface area (Å²) in [6.45, 7) is 5.49. The Morgan fingerprint density at radius 1 is 1.22 bits per heavy atom. The molecule has 2 bridgehead atoms. The van der Waals surface area contributed by atoms with E-state index >= 15 is 0 Å². The maximum absolute atomic E-state index is 12.9. The number of hydrogen-bond donors (Lipinski definition) is 0. The van der Waals surface area contributed by atoms with Crippen LogP contribution in [0, 0.1) is 5.92 Å². The van der Waals surface area contributed by atoms with Crippen molar-refractivity contribution in [3.8, 4) is 0 Å². The number of pyridine rings is 1. The molecule has 0 spiro atoms. The number of likely N-dealkylation sites (tertiary alicyclic amines) is 1. The van der Waals surface area contributed by atoms with Crippen molar-refractivity contribution in [1.82, 2.24) is 9.88 Å². The Balaban J connectivity index is 1.72. The molecule has 2 heterocycles. The molecule has 1 aliphatic heterocycles. The van der Waals surface area contributed by atoms with Crippen molar-refractivity contribution in [2.75, 3.05) is 6.54 Å². The van der Waals surface area contributed by atoms with Gasteiger partial charge in [0.25, 0.3) is 5.91 Å². The van der Waals surface area contributed by atoms with Crippen LogP contribution in [-0.4, -0.2) is 28.4 Å². The third-order valence-electron chi connectivity index (χ3n) is 6.06. The fourth-order valence-electron chi connectivity index (χ4n) is 4.48. The van der Waals surface area contributed by atoms with Gasteiger partial charge in [-0.3, -0.25) is 9.78 Å². The summed E-state index contributed by atoms with van der Waals surface area (Å²) >= 11 is 0. The van der Waals surface area contributed by atoms with Crippen LogP contribution in [0.5, 0.6) is 0 Å². The number of fused-ring (bicyclic) bond motifs is 4. The number of piperidine rings is 1. The topological polar surface area (TPSA) is 33.2 Å². The van der Waals surface area contributed by atoms with E-state index < -0.39 is 0 Å². The Hall–Kier alpha value is -2.16. The van der Waals surface area contributed by atoms with Gasteiger partial charge in [-0.1, -0.05) is 44.2 Å². The highest BCUT2D eigenvalue weighted by Gasteiger charge is 2.49. The van der Waals surface area contributed by atoms with Gasteiger partial charge in [0.05, 0.1) is 0 Å². The minimum atomic E-state index is 0.0730. The summed E-state index contributed by atoms with van der Waals surface area (Å²) in [7, 11) is 0. The predicted molar refractivity (Wildman–Crippen MR) is 90.3 cm³/mol. The largest absolute Gasteiger partial charge is 0.334 e. The molecule has 1 aliphatic carbocycles. The number of benzene rings is 1. The van der Waals surface area contributed by atoms with Gasteiger partial charge in [-0.25, -0.2) is 0 Å². The number of carbonyl (C=O) groups is 1. The molecule has 0 N–H and O–H groups in total. The lowest BCUT2D eigenvalue weighted by molar-refractivity contribution is 0.0246. The van der Waals surface area contributed by atoms with Crippen LogP contribution in [0.4, 0.5) is 0 Å². The molecule has 3 nitrogen and oxygen atoms in total. The van der Waals surface area contributed by atoms with Crippen LogP contribution in [0.15, 0.2) is 48.7 Å². The van der Waals surface area contributed by atoms with Gasteiger partial charge in [0.2, 0.25) is 0 Å². The second kappa shape index (κ2) is 5.19. The molecular weight excluding hydrogens is 284 g/mol. The zero-order chi connectivity index (χ0) is 16.0. The van der Waals surface area contributed by atoms with E-state index in [1.807, 2.05) is 18.2 Å². The van der Waals surface area contributed by atoms with Gasteiger partial charge < -0.3 is 4.90 Å². The molecule has 4 rings (SSSR count). The molecule has 1 aromatic carbocycles. The average molecular weight is 306 g/mol. The minimum Gasteiger partial charge on any atom is -0.334 e. The monoisotopic (exact) mass is 306 g/mol. The Morgan fingerprint density at radius 3 is 2.78 bits per heavy atom. The van der Waals surface area contributed by atoms with Crippen molar-refractivity contribution in [2.24, 2.45) is 5.92 Å². The number of amides is 1. The minimum absolute atomic E-state index is 0.0730. The maximum Gasteiger partial charge on any atom is 0.272 e. The van der Waals surface area contributed by atoms with Crippen LogP contribution in [0.1, 0.15) is 41.9 Å². The van der Waals surface area contributed by atoms with Gasteiger partial charge in [-0.15, -0.1) is 0 Å². The molecule has 2 aliphatic rings. The Bertz CT molecular complexity index is 742. The molecule has 3 unspecified atom stereocenters. The average Bonchev–Trinajstić information content (AvgIpc) is 2.58. The zero-order valence-corrected chi connectivity index (χ0v) is 13.7. The van der Waals surface area contributed by atoms with Gasteiger partial charge in [-0.05, 0) is 47.4 Å². The van der Waals surface area contributed by atoms with Crippen molar-refractivity contribution < 1.29 is 4.79 Å². The zero-order valence-electron chi connectivity index (χ0n) is 13.7. The van der Waals surface area contributed by atoms with Crippen LogP contribution in [-0.2, 0) is 11.8 Å². The summed E-state index contributed by atoms with van der Waals surface area (Å²) in [6.07, 6.45) is 3.66. The van der Waals surface area contributed by atoms with Gasteiger partial charge in [-0.2, -0.15) is 0 Å². The highest BCUT2D eigenvalue weighted by Crippen LogP contribution is 2.48. The lowest BCUT2D eigenvalue weighted by atomic mass is 9.59. The second-order valence-corrected chi connectivity index (χ2v) is 7.10. The third-order valence-corrected chi connectivity index (χ3v) is 6.06. The Morgan fingerprint density at radius 2 is 2.00 bits per heavy atom. The molecule has 1 saturated heterocycles. The number of rotatable bonds is 1. The fourth-order valence-corrected chi connectivity index (χ4v) is 4.48. The first-order valence-electron chi connectivity index (χ1n) is 8.41. The number of carbonyl (C=O) groups excluding carboxylic acids is 1. The first kappa shape index (κ1) is 14.4. The summed E-state index contributed by atoms with van der Waals surface area (Å²) in [5, 5.41) is 0. The predicted octanol–water partition coefficient (Wildman–Crippen LogP) is 3.45. The summed E-state index contributed by atoms with van der Waals surface area (Å²) in [5.74, 6) is 0.530. The first-order chi connectivity index (χ1) is 11.1. The second-order valence-electron chi connectivity index (χ2n) is 7.10. The third kappa shape index (κ3) is 2.10. The van der Waals surface area contributed by atoms with Gasteiger partial charge in [0, 0.05) is 18.8 Å². The van der Waals surface area contributed by atoms with Gasteiger partial charge in [0.1, 0.15) is 5.69 Å².